The summed E-state index contributed by atoms with van der Waals surface area (Å²) in [4.78, 5) is 0. The molecular weight excluding hydrogens is 246 g/mol. The van der Waals surface area contributed by atoms with Gasteiger partial charge >= 0.3 is 0 Å². The highest BCUT2D eigenvalue weighted by Gasteiger charge is 2.33. The van der Waals surface area contributed by atoms with E-state index in [1.54, 1.807) is 0 Å². The molecule has 1 aliphatic carbocycles. The molecular formula is C18H29NO. The molecule has 0 aromatic heterocycles. The van der Waals surface area contributed by atoms with Crippen molar-refractivity contribution in [1.82, 2.24) is 5.32 Å². The Kier molecular flexibility index (Phi) is 5.22. The lowest BCUT2D eigenvalue weighted by Gasteiger charge is -2.38. The minimum Gasteiger partial charge on any atom is -0.377 e. The highest BCUT2D eigenvalue weighted by atomic mass is 16.5. The fraction of sp³-hybridized carbons (Fsp3) is 0.667. The van der Waals surface area contributed by atoms with Crippen LogP contribution in [0.25, 0.3) is 0 Å². The van der Waals surface area contributed by atoms with E-state index in [1.807, 2.05) is 7.11 Å². The molecule has 1 fully saturated rings. The second-order valence-corrected chi connectivity index (χ2v) is 6.45. The summed E-state index contributed by atoms with van der Waals surface area (Å²) in [6, 6.07) is 9.18. The molecule has 1 saturated carbocycles. The Labute approximate surface area is 123 Å². The van der Waals surface area contributed by atoms with E-state index in [2.05, 4.69) is 50.4 Å². The van der Waals surface area contributed by atoms with Gasteiger partial charge < -0.3 is 10.1 Å². The molecule has 2 rings (SSSR count). The van der Waals surface area contributed by atoms with Crippen molar-refractivity contribution in [2.45, 2.75) is 64.0 Å². The van der Waals surface area contributed by atoms with Crippen molar-refractivity contribution in [2.75, 3.05) is 13.7 Å². The fourth-order valence-electron chi connectivity index (χ4n) is 3.00. The topological polar surface area (TPSA) is 21.3 Å². The summed E-state index contributed by atoms with van der Waals surface area (Å²) in [7, 11) is 1.81. The first-order valence-electron chi connectivity index (χ1n) is 7.97. The molecule has 20 heavy (non-hydrogen) atoms. The van der Waals surface area contributed by atoms with E-state index >= 15 is 0 Å². The summed E-state index contributed by atoms with van der Waals surface area (Å²) in [5.74, 6) is 0.754. The van der Waals surface area contributed by atoms with Crippen molar-refractivity contribution >= 4 is 0 Å². The number of benzene rings is 1. The Hall–Kier alpha value is -0.860. The quantitative estimate of drug-likeness (QED) is 0.795. The van der Waals surface area contributed by atoms with Gasteiger partial charge in [-0.1, -0.05) is 37.6 Å². The van der Waals surface area contributed by atoms with Crippen LogP contribution >= 0.6 is 0 Å². The Morgan fingerprint density at radius 1 is 1.30 bits per heavy atom. The second-order valence-electron chi connectivity index (χ2n) is 6.45. The predicted octanol–water partition coefficient (Wildman–Crippen LogP) is 4.42. The van der Waals surface area contributed by atoms with Crippen molar-refractivity contribution in [2.24, 2.45) is 0 Å². The minimum absolute atomic E-state index is 0.199. The molecule has 0 radical (unpaired) electrons. The largest absolute Gasteiger partial charge is 0.377 e. The van der Waals surface area contributed by atoms with Crippen LogP contribution < -0.4 is 5.32 Å². The summed E-state index contributed by atoms with van der Waals surface area (Å²) >= 11 is 0. The third-order valence-electron chi connectivity index (χ3n) is 4.67. The number of methoxy groups -OCH3 is 1. The van der Waals surface area contributed by atoms with E-state index in [1.165, 1.54) is 30.4 Å². The Morgan fingerprint density at radius 2 is 2.00 bits per heavy atom. The van der Waals surface area contributed by atoms with Crippen molar-refractivity contribution in [3.63, 3.8) is 0 Å². The average molecular weight is 275 g/mol. The summed E-state index contributed by atoms with van der Waals surface area (Å²) in [6.45, 7) is 7.59. The zero-order valence-corrected chi connectivity index (χ0v) is 13.4. The number of hydrogen-bond acceptors (Lipinski definition) is 2. The van der Waals surface area contributed by atoms with Gasteiger partial charge in [0.15, 0.2) is 0 Å². The van der Waals surface area contributed by atoms with E-state index in [4.69, 9.17) is 4.74 Å². The Bertz CT molecular complexity index is 423. The van der Waals surface area contributed by atoms with E-state index in [0.717, 1.165) is 18.9 Å². The van der Waals surface area contributed by atoms with E-state index in [9.17, 15) is 0 Å². The standard InChI is InChI=1S/C18H29NO/c1-5-13-19-17(18(2,3)20-4)16-12-7-6-11-15(16)14-9-8-10-14/h6-7,11-12,14,17,19H,5,8-10,13H2,1-4H3. The van der Waals surface area contributed by atoms with E-state index < -0.39 is 0 Å². The summed E-state index contributed by atoms with van der Waals surface area (Å²) < 4.78 is 5.78. The van der Waals surface area contributed by atoms with Crippen LogP contribution in [0.15, 0.2) is 24.3 Å². The van der Waals surface area contributed by atoms with Crippen LogP contribution in [0.5, 0.6) is 0 Å². The van der Waals surface area contributed by atoms with Gasteiger partial charge in [0, 0.05) is 7.11 Å². The summed E-state index contributed by atoms with van der Waals surface area (Å²) in [5, 5.41) is 3.70. The van der Waals surface area contributed by atoms with Gasteiger partial charge in [0.2, 0.25) is 0 Å². The van der Waals surface area contributed by atoms with Crippen molar-refractivity contribution in [3.8, 4) is 0 Å². The van der Waals surface area contributed by atoms with Crippen LogP contribution in [-0.4, -0.2) is 19.3 Å². The van der Waals surface area contributed by atoms with Crippen LogP contribution in [0.3, 0.4) is 0 Å². The SMILES string of the molecule is CCCNC(c1ccccc1C1CCC1)C(C)(C)OC. The van der Waals surface area contributed by atoms with Gasteiger partial charge in [-0.05, 0) is 56.7 Å². The predicted molar refractivity (Wildman–Crippen MR) is 85.2 cm³/mol. The first kappa shape index (κ1) is 15.5. The molecule has 1 N–H and O–H groups in total. The first-order valence-corrected chi connectivity index (χ1v) is 7.97. The van der Waals surface area contributed by atoms with Crippen molar-refractivity contribution < 1.29 is 4.74 Å². The Balaban J connectivity index is 2.32. The van der Waals surface area contributed by atoms with E-state index in [-0.39, 0.29) is 11.6 Å². The second kappa shape index (κ2) is 6.73. The van der Waals surface area contributed by atoms with Gasteiger partial charge in [0.25, 0.3) is 0 Å². The maximum absolute atomic E-state index is 5.78. The maximum Gasteiger partial charge on any atom is 0.0816 e. The zero-order chi connectivity index (χ0) is 14.6. The molecule has 1 aromatic rings. The molecule has 0 bridgehead atoms. The minimum atomic E-state index is -0.199. The van der Waals surface area contributed by atoms with Crippen LogP contribution in [0.1, 0.15) is 69.5 Å². The number of rotatable bonds is 7. The zero-order valence-electron chi connectivity index (χ0n) is 13.4. The summed E-state index contributed by atoms with van der Waals surface area (Å²) in [5.41, 5.74) is 2.75. The first-order chi connectivity index (χ1) is 9.60. The van der Waals surface area contributed by atoms with Crippen molar-refractivity contribution in [1.29, 1.82) is 0 Å². The van der Waals surface area contributed by atoms with Gasteiger partial charge in [-0.15, -0.1) is 0 Å². The van der Waals surface area contributed by atoms with Crippen LogP contribution in [0.2, 0.25) is 0 Å². The normalized spacial score (nSPS) is 17.8. The molecule has 1 atom stereocenters. The van der Waals surface area contributed by atoms with E-state index in [0.29, 0.717) is 0 Å². The van der Waals surface area contributed by atoms with Gasteiger partial charge in [-0.2, -0.15) is 0 Å². The van der Waals surface area contributed by atoms with Crippen LogP contribution in [0.4, 0.5) is 0 Å². The highest BCUT2D eigenvalue weighted by molar-refractivity contribution is 5.35. The number of ether oxygens (including phenoxy) is 1. The van der Waals surface area contributed by atoms with Crippen molar-refractivity contribution in [3.05, 3.63) is 35.4 Å². The highest BCUT2D eigenvalue weighted by Crippen LogP contribution is 2.41. The molecule has 1 aliphatic rings. The van der Waals surface area contributed by atoms with Gasteiger partial charge in [-0.3, -0.25) is 0 Å². The average Bonchev–Trinajstić information content (AvgIpc) is 2.39. The third kappa shape index (κ3) is 3.24. The smallest absolute Gasteiger partial charge is 0.0816 e. The molecule has 0 amide bonds. The Morgan fingerprint density at radius 3 is 2.55 bits per heavy atom. The molecule has 1 unspecified atom stereocenters. The molecule has 0 spiro atoms. The van der Waals surface area contributed by atoms with Crippen LogP contribution in [0, 0.1) is 0 Å². The lowest BCUT2D eigenvalue weighted by atomic mass is 9.75. The molecule has 0 heterocycles. The van der Waals surface area contributed by atoms with Gasteiger partial charge in [-0.25, -0.2) is 0 Å². The maximum atomic E-state index is 5.78. The van der Waals surface area contributed by atoms with Gasteiger partial charge in [0.1, 0.15) is 0 Å². The van der Waals surface area contributed by atoms with Gasteiger partial charge in [0.05, 0.1) is 11.6 Å². The molecule has 0 aliphatic heterocycles. The third-order valence-corrected chi connectivity index (χ3v) is 4.67. The molecule has 1 aromatic carbocycles. The lowest BCUT2D eigenvalue weighted by molar-refractivity contribution is -0.0114. The molecule has 2 nitrogen and oxygen atoms in total. The molecule has 2 heteroatoms. The molecule has 112 valence electrons. The molecule has 0 saturated heterocycles. The monoisotopic (exact) mass is 275 g/mol. The number of nitrogens with one attached hydrogen (secondary N) is 1. The fourth-order valence-corrected chi connectivity index (χ4v) is 3.00. The summed E-state index contributed by atoms with van der Waals surface area (Å²) in [6.07, 6.45) is 5.19. The number of hydrogen-bond donors (Lipinski definition) is 1. The van der Waals surface area contributed by atoms with Crippen LogP contribution in [-0.2, 0) is 4.74 Å². The lowest BCUT2D eigenvalue weighted by Crippen LogP contribution is -2.42.